The number of rotatable bonds is 4. The topological polar surface area (TPSA) is 56.7 Å². The minimum absolute atomic E-state index is 0.685. The predicted molar refractivity (Wildman–Crippen MR) is 63.9 cm³/mol. The van der Waals surface area contributed by atoms with Gasteiger partial charge in [-0.25, -0.2) is 9.67 Å². The summed E-state index contributed by atoms with van der Waals surface area (Å²) >= 11 is 0. The van der Waals surface area contributed by atoms with Gasteiger partial charge in [-0.15, -0.1) is 0 Å². The maximum Gasteiger partial charge on any atom is 0.158 e. The molecule has 0 radical (unpaired) electrons. The molecule has 2 aromatic rings. The van der Waals surface area contributed by atoms with Gasteiger partial charge in [0.25, 0.3) is 0 Å². The number of benzene rings is 1. The van der Waals surface area contributed by atoms with E-state index in [2.05, 4.69) is 41.3 Å². The van der Waals surface area contributed by atoms with Crippen LogP contribution in [0.5, 0.6) is 0 Å². The van der Waals surface area contributed by atoms with Gasteiger partial charge in [0, 0.05) is 12.1 Å². The Kier molecular flexibility index (Phi) is 3.31. The highest BCUT2D eigenvalue weighted by atomic mass is 15.3. The summed E-state index contributed by atoms with van der Waals surface area (Å²) in [4.78, 5) is 4.26. The molecule has 16 heavy (non-hydrogen) atoms. The van der Waals surface area contributed by atoms with Crippen molar-refractivity contribution in [3.05, 3.63) is 36.2 Å². The summed E-state index contributed by atoms with van der Waals surface area (Å²) in [6, 6.07) is 8.33. The highest BCUT2D eigenvalue weighted by molar-refractivity contribution is 5.55. The summed E-state index contributed by atoms with van der Waals surface area (Å²) in [5.74, 6) is 0.918. The summed E-state index contributed by atoms with van der Waals surface area (Å²) in [6.07, 6.45) is 2.51. The molecule has 0 aliphatic carbocycles. The lowest BCUT2D eigenvalue weighted by Crippen LogP contribution is -2.03. The zero-order valence-corrected chi connectivity index (χ0v) is 9.43. The molecule has 0 spiro atoms. The van der Waals surface area contributed by atoms with Crippen LogP contribution in [0.3, 0.4) is 0 Å². The molecule has 1 aromatic heterocycles. The molecular formula is C12H16N4. The van der Waals surface area contributed by atoms with Gasteiger partial charge in [0.05, 0.1) is 0 Å². The molecule has 1 aromatic carbocycles. The molecule has 0 bridgehead atoms. The van der Waals surface area contributed by atoms with Crippen molar-refractivity contribution in [1.82, 2.24) is 14.8 Å². The second kappa shape index (κ2) is 4.90. The molecule has 0 saturated carbocycles. The maximum absolute atomic E-state index is 5.51. The van der Waals surface area contributed by atoms with E-state index >= 15 is 0 Å². The van der Waals surface area contributed by atoms with E-state index in [1.54, 1.807) is 6.33 Å². The van der Waals surface area contributed by atoms with Gasteiger partial charge >= 0.3 is 0 Å². The molecule has 84 valence electrons. The van der Waals surface area contributed by atoms with Crippen molar-refractivity contribution in [2.45, 2.75) is 19.9 Å². The number of nitrogens with two attached hydrogens (primary N) is 1. The third-order valence-corrected chi connectivity index (χ3v) is 2.56. The van der Waals surface area contributed by atoms with E-state index in [-0.39, 0.29) is 0 Å². The van der Waals surface area contributed by atoms with Crippen LogP contribution in [0.15, 0.2) is 30.6 Å². The summed E-state index contributed by atoms with van der Waals surface area (Å²) in [5, 5.41) is 4.16. The van der Waals surface area contributed by atoms with E-state index in [0.29, 0.717) is 6.54 Å². The van der Waals surface area contributed by atoms with Crippen LogP contribution < -0.4 is 5.73 Å². The van der Waals surface area contributed by atoms with Crippen molar-refractivity contribution in [2.75, 3.05) is 6.54 Å². The average Bonchev–Trinajstić information content (AvgIpc) is 2.78. The van der Waals surface area contributed by atoms with Gasteiger partial charge in [-0.3, -0.25) is 0 Å². The average molecular weight is 216 g/mol. The van der Waals surface area contributed by atoms with Crippen molar-refractivity contribution in [3.63, 3.8) is 0 Å². The number of aromatic nitrogens is 3. The molecule has 1 heterocycles. The van der Waals surface area contributed by atoms with Gasteiger partial charge < -0.3 is 5.73 Å². The number of nitrogens with zero attached hydrogens (tertiary/aromatic N) is 3. The standard InChI is InChI=1S/C12H16N4/c1-2-16-12(14-9-15-16)11-5-3-10(4-6-11)7-8-13/h3-6,9H,2,7-8,13H2,1H3. The van der Waals surface area contributed by atoms with Crippen LogP contribution >= 0.6 is 0 Å². The Bertz CT molecular complexity index is 444. The Morgan fingerprint density at radius 1 is 1.25 bits per heavy atom. The van der Waals surface area contributed by atoms with Gasteiger partial charge in [-0.1, -0.05) is 24.3 Å². The minimum atomic E-state index is 0.685. The fraction of sp³-hybridized carbons (Fsp3) is 0.333. The molecular weight excluding hydrogens is 200 g/mol. The molecule has 0 amide bonds. The first-order valence-electron chi connectivity index (χ1n) is 5.52. The van der Waals surface area contributed by atoms with Crippen molar-refractivity contribution in [1.29, 1.82) is 0 Å². The SMILES string of the molecule is CCn1ncnc1-c1ccc(CCN)cc1. The first-order valence-corrected chi connectivity index (χ1v) is 5.52. The van der Waals surface area contributed by atoms with Crippen LogP contribution in [-0.2, 0) is 13.0 Å². The number of hydrogen-bond acceptors (Lipinski definition) is 3. The van der Waals surface area contributed by atoms with Gasteiger partial charge in [0.1, 0.15) is 6.33 Å². The van der Waals surface area contributed by atoms with Crippen molar-refractivity contribution in [3.8, 4) is 11.4 Å². The predicted octanol–water partition coefficient (Wildman–Crippen LogP) is 1.47. The monoisotopic (exact) mass is 216 g/mol. The molecule has 0 fully saturated rings. The van der Waals surface area contributed by atoms with Crippen molar-refractivity contribution >= 4 is 0 Å². The molecule has 2 rings (SSSR count). The lowest BCUT2D eigenvalue weighted by atomic mass is 10.1. The van der Waals surface area contributed by atoms with Crippen LogP contribution in [0.1, 0.15) is 12.5 Å². The van der Waals surface area contributed by atoms with Crippen LogP contribution in [-0.4, -0.2) is 21.3 Å². The third kappa shape index (κ3) is 2.12. The van der Waals surface area contributed by atoms with Crippen molar-refractivity contribution in [2.24, 2.45) is 5.73 Å². The minimum Gasteiger partial charge on any atom is -0.330 e. The highest BCUT2D eigenvalue weighted by Crippen LogP contribution is 2.16. The number of hydrogen-bond donors (Lipinski definition) is 1. The summed E-state index contributed by atoms with van der Waals surface area (Å²) in [7, 11) is 0. The fourth-order valence-corrected chi connectivity index (χ4v) is 1.71. The van der Waals surface area contributed by atoms with Crippen molar-refractivity contribution < 1.29 is 0 Å². The lowest BCUT2D eigenvalue weighted by Gasteiger charge is -2.04. The Labute approximate surface area is 95.1 Å². The highest BCUT2D eigenvalue weighted by Gasteiger charge is 2.05. The molecule has 0 unspecified atom stereocenters. The molecule has 4 heteroatoms. The number of aryl methyl sites for hydroxylation is 1. The molecule has 0 atom stereocenters. The van der Waals surface area contributed by atoms with E-state index in [4.69, 9.17) is 5.73 Å². The molecule has 0 saturated heterocycles. The lowest BCUT2D eigenvalue weighted by molar-refractivity contribution is 0.666. The second-order valence-electron chi connectivity index (χ2n) is 3.64. The second-order valence-corrected chi connectivity index (χ2v) is 3.64. The van der Waals surface area contributed by atoms with Crippen LogP contribution in [0.25, 0.3) is 11.4 Å². The molecule has 2 N–H and O–H groups in total. The molecule has 0 aliphatic rings. The fourth-order valence-electron chi connectivity index (χ4n) is 1.71. The Morgan fingerprint density at radius 2 is 2.00 bits per heavy atom. The Hall–Kier alpha value is -1.68. The van der Waals surface area contributed by atoms with E-state index in [0.717, 1.165) is 24.4 Å². The van der Waals surface area contributed by atoms with Crippen LogP contribution in [0.4, 0.5) is 0 Å². The van der Waals surface area contributed by atoms with E-state index < -0.39 is 0 Å². The van der Waals surface area contributed by atoms with Gasteiger partial charge in [-0.05, 0) is 25.5 Å². The first-order chi connectivity index (χ1) is 7.85. The normalized spacial score (nSPS) is 10.6. The quantitative estimate of drug-likeness (QED) is 0.842. The van der Waals surface area contributed by atoms with Crippen LogP contribution in [0.2, 0.25) is 0 Å². The van der Waals surface area contributed by atoms with Gasteiger partial charge in [-0.2, -0.15) is 5.10 Å². The van der Waals surface area contributed by atoms with E-state index in [1.807, 2.05) is 4.68 Å². The smallest absolute Gasteiger partial charge is 0.158 e. The van der Waals surface area contributed by atoms with Gasteiger partial charge in [0.2, 0.25) is 0 Å². The third-order valence-electron chi connectivity index (χ3n) is 2.56. The van der Waals surface area contributed by atoms with E-state index in [1.165, 1.54) is 5.56 Å². The van der Waals surface area contributed by atoms with E-state index in [9.17, 15) is 0 Å². The zero-order chi connectivity index (χ0) is 11.4. The summed E-state index contributed by atoms with van der Waals surface area (Å²) in [6.45, 7) is 3.57. The largest absolute Gasteiger partial charge is 0.330 e. The molecule has 0 aliphatic heterocycles. The Morgan fingerprint density at radius 3 is 2.62 bits per heavy atom. The summed E-state index contributed by atoms with van der Waals surface area (Å²) < 4.78 is 1.89. The summed E-state index contributed by atoms with van der Waals surface area (Å²) in [5.41, 5.74) is 7.87. The maximum atomic E-state index is 5.51. The Balaban J connectivity index is 2.27. The van der Waals surface area contributed by atoms with Crippen LogP contribution in [0, 0.1) is 0 Å². The molecule has 4 nitrogen and oxygen atoms in total. The zero-order valence-electron chi connectivity index (χ0n) is 9.43. The first kappa shape index (κ1) is 10.8. The van der Waals surface area contributed by atoms with Gasteiger partial charge in [0.15, 0.2) is 5.82 Å².